The van der Waals surface area contributed by atoms with Gasteiger partial charge in [0.1, 0.15) is 0 Å². The Bertz CT molecular complexity index is 333. The first-order chi connectivity index (χ1) is 8.15. The van der Waals surface area contributed by atoms with Crippen LogP contribution < -0.4 is 5.32 Å². The van der Waals surface area contributed by atoms with Gasteiger partial charge in [0.2, 0.25) is 0 Å². The third kappa shape index (κ3) is 3.57. The van der Waals surface area contributed by atoms with Crippen molar-refractivity contribution in [2.75, 3.05) is 0 Å². The fourth-order valence-corrected chi connectivity index (χ4v) is 2.73. The predicted molar refractivity (Wildman–Crippen MR) is 74.1 cm³/mol. The maximum atomic E-state index is 3.78. The van der Waals surface area contributed by atoms with Crippen molar-refractivity contribution in [2.45, 2.75) is 58.5 Å². The number of nitrogens with one attached hydrogen (secondary N) is 1. The molecule has 1 unspecified atom stereocenters. The maximum Gasteiger partial charge on any atom is 0.0294 e. The van der Waals surface area contributed by atoms with Gasteiger partial charge >= 0.3 is 0 Å². The molecule has 0 amide bonds. The van der Waals surface area contributed by atoms with Crippen LogP contribution in [0.15, 0.2) is 24.3 Å². The molecule has 1 aromatic carbocycles. The maximum absolute atomic E-state index is 3.78. The molecule has 0 bridgehead atoms. The third-order valence-corrected chi connectivity index (χ3v) is 4.08. The van der Waals surface area contributed by atoms with E-state index in [2.05, 4.69) is 50.4 Å². The van der Waals surface area contributed by atoms with Gasteiger partial charge in [0, 0.05) is 12.1 Å². The molecule has 17 heavy (non-hydrogen) atoms. The summed E-state index contributed by atoms with van der Waals surface area (Å²) in [7, 11) is 0. The molecule has 1 atom stereocenters. The van der Waals surface area contributed by atoms with Crippen molar-refractivity contribution in [3.8, 4) is 0 Å². The van der Waals surface area contributed by atoms with Crippen LogP contribution in [-0.2, 0) is 0 Å². The summed E-state index contributed by atoms with van der Waals surface area (Å²) in [6.45, 7) is 6.80. The van der Waals surface area contributed by atoms with Crippen molar-refractivity contribution < 1.29 is 0 Å². The number of hydrogen-bond donors (Lipinski definition) is 1. The van der Waals surface area contributed by atoms with Gasteiger partial charge in [-0.15, -0.1) is 0 Å². The Hall–Kier alpha value is -0.820. The number of benzene rings is 1. The van der Waals surface area contributed by atoms with Crippen LogP contribution in [0, 0.1) is 12.8 Å². The van der Waals surface area contributed by atoms with Gasteiger partial charge in [0.05, 0.1) is 0 Å². The molecule has 0 spiro atoms. The van der Waals surface area contributed by atoms with Crippen LogP contribution >= 0.6 is 0 Å². The third-order valence-electron chi connectivity index (χ3n) is 4.08. The smallest absolute Gasteiger partial charge is 0.0294 e. The summed E-state index contributed by atoms with van der Waals surface area (Å²) in [5, 5.41) is 3.78. The molecular weight excluding hydrogens is 206 g/mol. The van der Waals surface area contributed by atoms with Crippen molar-refractivity contribution in [2.24, 2.45) is 5.92 Å². The lowest BCUT2D eigenvalue weighted by Crippen LogP contribution is -2.34. The average Bonchev–Trinajstić information content (AvgIpc) is 2.33. The Morgan fingerprint density at radius 1 is 1.06 bits per heavy atom. The van der Waals surface area contributed by atoms with E-state index in [1.165, 1.54) is 36.8 Å². The van der Waals surface area contributed by atoms with E-state index in [9.17, 15) is 0 Å². The Kier molecular flexibility index (Phi) is 4.22. The van der Waals surface area contributed by atoms with Crippen molar-refractivity contribution in [3.63, 3.8) is 0 Å². The summed E-state index contributed by atoms with van der Waals surface area (Å²) < 4.78 is 0. The first-order valence-corrected chi connectivity index (χ1v) is 6.98. The second kappa shape index (κ2) is 5.68. The Balaban J connectivity index is 1.88. The van der Waals surface area contributed by atoms with Crippen LogP contribution in [0.3, 0.4) is 0 Å². The van der Waals surface area contributed by atoms with Crippen molar-refractivity contribution in [3.05, 3.63) is 35.4 Å². The Labute approximate surface area is 106 Å². The second-order valence-corrected chi connectivity index (χ2v) is 5.76. The molecule has 0 aliphatic heterocycles. The Morgan fingerprint density at radius 2 is 1.65 bits per heavy atom. The van der Waals surface area contributed by atoms with Gasteiger partial charge in [-0.05, 0) is 51.0 Å². The topological polar surface area (TPSA) is 12.0 Å². The van der Waals surface area contributed by atoms with Crippen molar-refractivity contribution in [1.29, 1.82) is 0 Å². The monoisotopic (exact) mass is 231 g/mol. The summed E-state index contributed by atoms with van der Waals surface area (Å²) in [6, 6.07) is 10.1. The van der Waals surface area contributed by atoms with Crippen LogP contribution in [0.25, 0.3) is 0 Å². The zero-order valence-electron chi connectivity index (χ0n) is 11.4. The van der Waals surface area contributed by atoms with Crippen molar-refractivity contribution >= 4 is 0 Å². The largest absolute Gasteiger partial charge is 0.307 e. The molecule has 1 N–H and O–H groups in total. The zero-order valence-corrected chi connectivity index (χ0v) is 11.4. The van der Waals surface area contributed by atoms with Gasteiger partial charge in [-0.25, -0.2) is 0 Å². The summed E-state index contributed by atoms with van der Waals surface area (Å²) in [4.78, 5) is 0. The van der Waals surface area contributed by atoms with Crippen LogP contribution in [0.2, 0.25) is 0 Å². The minimum Gasteiger partial charge on any atom is -0.307 e. The number of hydrogen-bond acceptors (Lipinski definition) is 1. The lowest BCUT2D eigenvalue weighted by atomic mass is 9.87. The number of aryl methyl sites for hydroxylation is 1. The SMILES string of the molecule is Cc1ccc(C(C)NC2CCC(C)CC2)cc1. The molecule has 1 aliphatic rings. The molecule has 0 radical (unpaired) electrons. The van der Waals surface area contributed by atoms with Crippen LogP contribution in [0.4, 0.5) is 0 Å². The summed E-state index contributed by atoms with van der Waals surface area (Å²) in [5.74, 6) is 0.933. The van der Waals surface area contributed by atoms with Gasteiger partial charge in [0.25, 0.3) is 0 Å². The van der Waals surface area contributed by atoms with E-state index in [0.29, 0.717) is 6.04 Å². The molecule has 1 nitrogen and oxygen atoms in total. The van der Waals surface area contributed by atoms with E-state index < -0.39 is 0 Å². The zero-order chi connectivity index (χ0) is 12.3. The highest BCUT2D eigenvalue weighted by atomic mass is 14.9. The molecule has 1 fully saturated rings. The minimum atomic E-state index is 0.481. The highest BCUT2D eigenvalue weighted by Crippen LogP contribution is 2.25. The van der Waals surface area contributed by atoms with Crippen LogP contribution in [-0.4, -0.2) is 6.04 Å². The van der Waals surface area contributed by atoms with Crippen LogP contribution in [0.5, 0.6) is 0 Å². The van der Waals surface area contributed by atoms with E-state index in [1.54, 1.807) is 0 Å². The highest BCUT2D eigenvalue weighted by molar-refractivity contribution is 5.23. The number of rotatable bonds is 3. The quantitative estimate of drug-likeness (QED) is 0.821. The first-order valence-electron chi connectivity index (χ1n) is 6.98. The van der Waals surface area contributed by atoms with Gasteiger partial charge in [-0.1, -0.05) is 36.8 Å². The van der Waals surface area contributed by atoms with E-state index in [4.69, 9.17) is 0 Å². The molecule has 0 saturated heterocycles. The highest BCUT2D eigenvalue weighted by Gasteiger charge is 2.19. The Morgan fingerprint density at radius 3 is 2.24 bits per heavy atom. The minimum absolute atomic E-state index is 0.481. The predicted octanol–water partition coefficient (Wildman–Crippen LogP) is 4.22. The van der Waals surface area contributed by atoms with E-state index in [1.807, 2.05) is 0 Å². The van der Waals surface area contributed by atoms with Crippen molar-refractivity contribution in [1.82, 2.24) is 5.32 Å². The normalized spacial score (nSPS) is 26.8. The standard InChI is InChI=1S/C16H25N/c1-12-4-8-15(9-5-12)14(3)17-16-10-6-13(2)7-11-16/h4-5,8-9,13-14,16-17H,6-7,10-11H2,1-3H3. The van der Waals surface area contributed by atoms with E-state index in [-0.39, 0.29) is 0 Å². The lowest BCUT2D eigenvalue weighted by Gasteiger charge is -2.29. The summed E-state index contributed by atoms with van der Waals surface area (Å²) >= 11 is 0. The lowest BCUT2D eigenvalue weighted by molar-refractivity contribution is 0.292. The molecule has 1 heteroatoms. The van der Waals surface area contributed by atoms with Gasteiger partial charge in [0.15, 0.2) is 0 Å². The average molecular weight is 231 g/mol. The van der Waals surface area contributed by atoms with Crippen LogP contribution in [0.1, 0.15) is 56.7 Å². The molecule has 94 valence electrons. The van der Waals surface area contributed by atoms with Gasteiger partial charge in [-0.2, -0.15) is 0 Å². The molecule has 0 aromatic heterocycles. The molecule has 0 heterocycles. The summed E-state index contributed by atoms with van der Waals surface area (Å²) in [5.41, 5.74) is 2.75. The fourth-order valence-electron chi connectivity index (χ4n) is 2.73. The summed E-state index contributed by atoms with van der Waals surface area (Å²) in [6.07, 6.45) is 5.46. The molecule has 1 aromatic rings. The van der Waals surface area contributed by atoms with E-state index in [0.717, 1.165) is 12.0 Å². The molecule has 2 rings (SSSR count). The van der Waals surface area contributed by atoms with Gasteiger partial charge in [-0.3, -0.25) is 0 Å². The second-order valence-electron chi connectivity index (χ2n) is 5.76. The van der Waals surface area contributed by atoms with E-state index >= 15 is 0 Å². The fraction of sp³-hybridized carbons (Fsp3) is 0.625. The first kappa shape index (κ1) is 12.6. The molecule has 1 saturated carbocycles. The molecular formula is C16H25N. The molecule has 1 aliphatic carbocycles. The van der Waals surface area contributed by atoms with Gasteiger partial charge < -0.3 is 5.32 Å².